The van der Waals surface area contributed by atoms with Crippen LogP contribution in [0.3, 0.4) is 0 Å². The van der Waals surface area contributed by atoms with Crippen LogP contribution >= 0.6 is 0 Å². The number of hydrogen-bond acceptors (Lipinski definition) is 3. The molecular formula is C21H33N3OSi. The maximum atomic E-state index is 6.05. The topological polar surface area (TPSA) is 30.3 Å². The van der Waals surface area contributed by atoms with Gasteiger partial charge in [0.05, 0.1) is 12.0 Å². The van der Waals surface area contributed by atoms with Gasteiger partial charge in [-0.15, -0.1) is 0 Å². The van der Waals surface area contributed by atoms with Crippen molar-refractivity contribution < 1.29 is 4.74 Å². The van der Waals surface area contributed by atoms with Crippen LogP contribution in [0.15, 0.2) is 30.7 Å². The summed E-state index contributed by atoms with van der Waals surface area (Å²) in [6, 6.07) is 7.98. The SMILES string of the molecule is CCc1cn(-c2ccc3c(c2)N(COCC[Si](C)(C)C)CC3(C)C)cn1. The number of hydrogen-bond donors (Lipinski definition) is 0. The maximum absolute atomic E-state index is 6.05. The minimum absolute atomic E-state index is 0.152. The van der Waals surface area contributed by atoms with Crippen molar-refractivity contribution in [1.82, 2.24) is 9.55 Å². The average Bonchev–Trinajstić information content (AvgIpc) is 3.14. The Bertz CT molecular complexity index is 761. The molecule has 2 heterocycles. The highest BCUT2D eigenvalue weighted by Gasteiger charge is 2.35. The van der Waals surface area contributed by atoms with Gasteiger partial charge in [0.15, 0.2) is 0 Å². The predicted molar refractivity (Wildman–Crippen MR) is 112 cm³/mol. The van der Waals surface area contributed by atoms with Gasteiger partial charge in [-0.3, -0.25) is 0 Å². The number of nitrogens with zero attached hydrogens (tertiary/aromatic N) is 3. The molecule has 1 aliphatic heterocycles. The van der Waals surface area contributed by atoms with Gasteiger partial charge in [-0.25, -0.2) is 4.98 Å². The fourth-order valence-corrected chi connectivity index (χ4v) is 4.27. The largest absolute Gasteiger partial charge is 0.361 e. The summed E-state index contributed by atoms with van der Waals surface area (Å²) in [5.41, 5.74) is 5.15. The number of ether oxygens (including phenoxy) is 1. The Hall–Kier alpha value is -1.59. The monoisotopic (exact) mass is 371 g/mol. The van der Waals surface area contributed by atoms with Crippen molar-refractivity contribution in [1.29, 1.82) is 0 Å². The van der Waals surface area contributed by atoms with Crippen LogP contribution in [0.4, 0.5) is 5.69 Å². The third-order valence-corrected chi connectivity index (χ3v) is 6.88. The normalized spacial score (nSPS) is 16.2. The highest BCUT2D eigenvalue weighted by atomic mass is 28.3. The van der Waals surface area contributed by atoms with Crippen LogP contribution in [0, 0.1) is 0 Å². The second-order valence-electron chi connectivity index (χ2n) is 9.26. The number of anilines is 1. The first-order chi connectivity index (χ1) is 12.2. The van der Waals surface area contributed by atoms with E-state index in [1.807, 2.05) is 6.33 Å². The smallest absolute Gasteiger partial charge is 0.118 e. The van der Waals surface area contributed by atoms with E-state index < -0.39 is 8.07 Å². The van der Waals surface area contributed by atoms with E-state index in [-0.39, 0.29) is 5.41 Å². The lowest BCUT2D eigenvalue weighted by molar-refractivity contribution is 0.146. The third-order valence-electron chi connectivity index (χ3n) is 5.18. The van der Waals surface area contributed by atoms with Crippen LogP contribution < -0.4 is 4.90 Å². The molecule has 1 aromatic heterocycles. The van der Waals surface area contributed by atoms with E-state index in [1.54, 1.807) is 0 Å². The molecule has 0 fully saturated rings. The molecule has 0 bridgehead atoms. The highest BCUT2D eigenvalue weighted by molar-refractivity contribution is 6.76. The number of fused-ring (bicyclic) bond motifs is 1. The van der Waals surface area contributed by atoms with Crippen molar-refractivity contribution in [2.75, 3.05) is 24.8 Å². The van der Waals surface area contributed by atoms with Crippen molar-refractivity contribution in [3.63, 3.8) is 0 Å². The lowest BCUT2D eigenvalue weighted by Gasteiger charge is -2.23. The summed E-state index contributed by atoms with van der Waals surface area (Å²) in [4.78, 5) is 6.85. The molecule has 2 aromatic rings. The molecule has 0 N–H and O–H groups in total. The predicted octanol–water partition coefficient (Wildman–Crippen LogP) is 4.84. The molecule has 142 valence electrons. The molecule has 0 saturated heterocycles. The van der Waals surface area contributed by atoms with Gasteiger partial charge in [-0.2, -0.15) is 0 Å². The van der Waals surface area contributed by atoms with Gasteiger partial charge in [0.1, 0.15) is 6.73 Å². The highest BCUT2D eigenvalue weighted by Crippen LogP contribution is 2.41. The average molecular weight is 372 g/mol. The quantitative estimate of drug-likeness (QED) is 0.515. The van der Waals surface area contributed by atoms with Crippen molar-refractivity contribution in [2.45, 2.75) is 58.3 Å². The van der Waals surface area contributed by atoms with E-state index in [2.05, 4.69) is 79.3 Å². The Morgan fingerprint density at radius 1 is 1.23 bits per heavy atom. The molecule has 0 radical (unpaired) electrons. The standard InChI is InChI=1S/C21H33N3OSi/c1-7-17-13-23(15-22-17)18-8-9-19-20(12-18)24(14-21(19,2)3)16-25-10-11-26(4,5)6/h8-9,12-13,15H,7,10-11,14,16H2,1-6H3. The second-order valence-corrected chi connectivity index (χ2v) is 14.9. The zero-order valence-corrected chi connectivity index (χ0v) is 18.2. The van der Waals surface area contributed by atoms with E-state index in [9.17, 15) is 0 Å². The van der Waals surface area contributed by atoms with Gasteiger partial charge in [0.25, 0.3) is 0 Å². The van der Waals surface area contributed by atoms with Gasteiger partial charge < -0.3 is 14.2 Å². The Balaban J connectivity index is 1.78. The third kappa shape index (κ3) is 4.21. The maximum Gasteiger partial charge on any atom is 0.118 e. The van der Waals surface area contributed by atoms with E-state index in [4.69, 9.17) is 4.74 Å². The Kier molecular flexibility index (Phi) is 5.31. The van der Waals surface area contributed by atoms with Crippen LogP contribution in [0.5, 0.6) is 0 Å². The number of benzene rings is 1. The Morgan fingerprint density at radius 3 is 2.65 bits per heavy atom. The summed E-state index contributed by atoms with van der Waals surface area (Å²) in [5, 5.41) is 0. The Labute approximate surface area is 159 Å². The summed E-state index contributed by atoms with van der Waals surface area (Å²) in [5.74, 6) is 0. The molecule has 0 unspecified atom stereocenters. The van der Waals surface area contributed by atoms with Crippen molar-refractivity contribution in [3.8, 4) is 5.69 Å². The second kappa shape index (κ2) is 7.20. The molecule has 4 nitrogen and oxygen atoms in total. The molecule has 0 amide bonds. The summed E-state index contributed by atoms with van der Waals surface area (Å²) < 4.78 is 8.17. The number of aryl methyl sites for hydroxylation is 1. The summed E-state index contributed by atoms with van der Waals surface area (Å²) >= 11 is 0. The number of aromatic nitrogens is 2. The first kappa shape index (κ1) is 19.2. The summed E-state index contributed by atoms with van der Waals surface area (Å²) in [6.45, 7) is 16.5. The molecule has 0 atom stereocenters. The van der Waals surface area contributed by atoms with E-state index in [0.29, 0.717) is 6.73 Å². The zero-order valence-electron chi connectivity index (χ0n) is 17.2. The Morgan fingerprint density at radius 2 is 2.00 bits per heavy atom. The van der Waals surface area contributed by atoms with Gasteiger partial charge in [-0.05, 0) is 30.2 Å². The van der Waals surface area contributed by atoms with Gasteiger partial charge in [-0.1, -0.05) is 46.5 Å². The summed E-state index contributed by atoms with van der Waals surface area (Å²) in [6.07, 6.45) is 4.99. The van der Waals surface area contributed by atoms with Crippen LogP contribution in [0.25, 0.3) is 5.69 Å². The van der Waals surface area contributed by atoms with Crippen LogP contribution in [0.2, 0.25) is 25.7 Å². The molecular weight excluding hydrogens is 338 g/mol. The van der Waals surface area contributed by atoms with Gasteiger partial charge in [0, 0.05) is 44.2 Å². The summed E-state index contributed by atoms with van der Waals surface area (Å²) in [7, 11) is -1.04. The van der Waals surface area contributed by atoms with E-state index >= 15 is 0 Å². The first-order valence-corrected chi connectivity index (χ1v) is 13.4. The fraction of sp³-hybridized carbons (Fsp3) is 0.571. The lowest BCUT2D eigenvalue weighted by Crippen LogP contribution is -2.31. The first-order valence-electron chi connectivity index (χ1n) is 9.70. The molecule has 5 heteroatoms. The molecule has 1 aliphatic rings. The molecule has 3 rings (SSSR count). The van der Waals surface area contributed by atoms with Gasteiger partial charge >= 0.3 is 0 Å². The molecule has 0 saturated carbocycles. The minimum Gasteiger partial charge on any atom is -0.361 e. The zero-order chi connectivity index (χ0) is 18.9. The molecule has 0 aliphatic carbocycles. The molecule has 26 heavy (non-hydrogen) atoms. The fourth-order valence-electron chi connectivity index (χ4n) is 3.52. The lowest BCUT2D eigenvalue weighted by atomic mass is 9.87. The van der Waals surface area contributed by atoms with Crippen molar-refractivity contribution in [2.24, 2.45) is 0 Å². The van der Waals surface area contributed by atoms with Crippen molar-refractivity contribution >= 4 is 13.8 Å². The van der Waals surface area contributed by atoms with E-state index in [0.717, 1.165) is 25.3 Å². The van der Waals surface area contributed by atoms with Gasteiger partial charge in [0.2, 0.25) is 0 Å². The van der Waals surface area contributed by atoms with Crippen LogP contribution in [-0.2, 0) is 16.6 Å². The van der Waals surface area contributed by atoms with E-state index in [1.165, 1.54) is 23.0 Å². The minimum atomic E-state index is -1.04. The van der Waals surface area contributed by atoms with Crippen LogP contribution in [-0.4, -0.2) is 37.5 Å². The molecule has 0 spiro atoms. The molecule has 1 aromatic carbocycles. The van der Waals surface area contributed by atoms with Crippen LogP contribution in [0.1, 0.15) is 32.0 Å². The number of imidazole rings is 1. The van der Waals surface area contributed by atoms with Crippen molar-refractivity contribution in [3.05, 3.63) is 42.0 Å². The number of rotatable bonds is 7.